The zero-order valence-electron chi connectivity index (χ0n) is 52.4. The largest absolute Gasteiger partial charge is 0.309 e. The Balaban J connectivity index is 0.000000135. The van der Waals surface area contributed by atoms with Crippen LogP contribution in [0.15, 0.2) is 364 Å². The lowest BCUT2D eigenvalue weighted by molar-refractivity contribution is 1.17. The Hall–Kier alpha value is -12.8. The quantitative estimate of drug-likeness (QED) is 0.144. The van der Waals surface area contributed by atoms with E-state index in [4.69, 9.17) is 0 Å². The van der Waals surface area contributed by atoms with Gasteiger partial charge in [-0.05, 0) is 181 Å². The molecule has 96 heavy (non-hydrogen) atoms. The van der Waals surface area contributed by atoms with Crippen molar-refractivity contribution >= 4 is 109 Å². The predicted molar refractivity (Wildman–Crippen MR) is 407 cm³/mol. The second kappa shape index (κ2) is 22.5. The minimum atomic E-state index is 1.16. The van der Waals surface area contributed by atoms with Gasteiger partial charge in [0, 0.05) is 65.8 Å². The molecule has 0 bridgehead atoms. The maximum Gasteiger partial charge on any atom is 0.0548 e. The van der Waals surface area contributed by atoms with Crippen molar-refractivity contribution in [2.45, 2.75) is 0 Å². The van der Waals surface area contributed by atoms with Gasteiger partial charge in [-0.25, -0.2) is 0 Å². The molecule has 0 unspecified atom stereocenters. The van der Waals surface area contributed by atoms with E-state index in [0.717, 1.165) is 17.1 Å². The lowest BCUT2D eigenvalue weighted by Gasteiger charge is -2.11. The van der Waals surface area contributed by atoms with Crippen LogP contribution in [0.1, 0.15) is 0 Å². The van der Waals surface area contributed by atoms with Crippen LogP contribution in [0.2, 0.25) is 0 Å². The number of nitrogens with zero attached hydrogens (tertiary/aromatic N) is 4. The molecule has 0 aliphatic carbocycles. The van der Waals surface area contributed by atoms with Gasteiger partial charge in [-0.1, -0.05) is 249 Å². The third kappa shape index (κ3) is 8.99. The summed E-state index contributed by atoms with van der Waals surface area (Å²) in [6.45, 7) is 0. The molecular formula is C92H60N4. The second-order valence-electron chi connectivity index (χ2n) is 25.2. The highest BCUT2D eigenvalue weighted by molar-refractivity contribution is 6.31. The van der Waals surface area contributed by atoms with Gasteiger partial charge in [-0.3, -0.25) is 0 Å². The fourth-order valence-corrected chi connectivity index (χ4v) is 15.4. The van der Waals surface area contributed by atoms with Crippen molar-refractivity contribution in [3.63, 3.8) is 0 Å². The fourth-order valence-electron chi connectivity index (χ4n) is 15.4. The minimum Gasteiger partial charge on any atom is -0.309 e. The second-order valence-corrected chi connectivity index (χ2v) is 25.2. The molecule has 20 rings (SSSR count). The number of fused-ring (bicyclic) bond motifs is 16. The topological polar surface area (TPSA) is 19.7 Å². The molecule has 0 atom stereocenters. The number of hydrogen-bond acceptors (Lipinski definition) is 0. The number of hydrogen-bond donors (Lipinski definition) is 0. The van der Waals surface area contributed by atoms with E-state index in [1.165, 1.54) is 159 Å². The smallest absolute Gasteiger partial charge is 0.0548 e. The van der Waals surface area contributed by atoms with E-state index in [2.05, 4.69) is 382 Å². The Kier molecular flexibility index (Phi) is 12.9. The number of rotatable bonds is 8. The molecule has 4 heteroatoms. The van der Waals surface area contributed by atoms with Gasteiger partial charge in [0.1, 0.15) is 0 Å². The van der Waals surface area contributed by atoms with E-state index in [9.17, 15) is 0 Å². The van der Waals surface area contributed by atoms with E-state index in [1.807, 2.05) is 0 Å². The van der Waals surface area contributed by atoms with Gasteiger partial charge in [0.25, 0.3) is 0 Å². The van der Waals surface area contributed by atoms with Crippen molar-refractivity contribution in [2.75, 3.05) is 0 Å². The molecule has 0 aliphatic heterocycles. The van der Waals surface area contributed by atoms with Crippen molar-refractivity contribution < 1.29 is 0 Å². The van der Waals surface area contributed by atoms with E-state index in [-0.39, 0.29) is 0 Å². The van der Waals surface area contributed by atoms with Gasteiger partial charge < -0.3 is 18.3 Å². The molecule has 4 nitrogen and oxygen atoms in total. The van der Waals surface area contributed by atoms with Crippen LogP contribution in [-0.4, -0.2) is 18.3 Å². The van der Waals surface area contributed by atoms with Gasteiger partial charge >= 0.3 is 0 Å². The summed E-state index contributed by atoms with van der Waals surface area (Å²) in [4.78, 5) is 0. The lowest BCUT2D eigenvalue weighted by Crippen LogP contribution is -1.95. The highest BCUT2D eigenvalue weighted by Crippen LogP contribution is 2.46. The number of aromatic nitrogens is 4. The monoisotopic (exact) mass is 1220 g/mol. The summed E-state index contributed by atoms with van der Waals surface area (Å²) < 4.78 is 9.74. The molecule has 0 spiro atoms. The van der Waals surface area contributed by atoms with Crippen LogP contribution in [0.4, 0.5) is 0 Å². The van der Waals surface area contributed by atoms with Gasteiger partial charge in [0.15, 0.2) is 0 Å². The highest BCUT2D eigenvalue weighted by atomic mass is 15.0. The Morgan fingerprint density at radius 2 is 0.417 bits per heavy atom. The molecule has 4 heterocycles. The summed E-state index contributed by atoms with van der Waals surface area (Å²) in [5.41, 5.74) is 24.2. The Morgan fingerprint density at radius 1 is 0.135 bits per heavy atom. The molecule has 0 fully saturated rings. The molecule has 0 saturated carbocycles. The van der Waals surface area contributed by atoms with Crippen molar-refractivity contribution in [1.29, 1.82) is 0 Å². The van der Waals surface area contributed by atoms with Crippen molar-refractivity contribution in [3.8, 4) is 67.3 Å². The average molecular weight is 1220 g/mol. The van der Waals surface area contributed by atoms with Crippen LogP contribution in [-0.2, 0) is 0 Å². The first kappa shape index (κ1) is 54.9. The Bertz CT molecular complexity index is 6390. The summed E-state index contributed by atoms with van der Waals surface area (Å²) in [6, 6.07) is 132. The zero-order valence-corrected chi connectivity index (χ0v) is 52.4. The summed E-state index contributed by atoms with van der Waals surface area (Å²) >= 11 is 0. The molecule has 0 amide bonds. The summed E-state index contributed by atoms with van der Waals surface area (Å²) in [7, 11) is 0. The van der Waals surface area contributed by atoms with E-state index in [0.29, 0.717) is 0 Å². The zero-order chi connectivity index (χ0) is 63.2. The standard InChI is InChI=1S/2C46H30N2/c1-4-12-31(13-5-1)33-20-21-35-29-38(24-22-34(35)28-33)48-41-19-11-10-18-39(41)45-43(48)26-27-44-46(45)40-30-36(32-14-6-2-7-15-32)23-25-42(40)47(44)37-16-8-3-9-17-37;1-4-12-31(13-5-1)33-20-21-35-29-38(24-22-34(35)28-33)48-41-19-11-10-18-39(41)45-43(48)27-26-42-46(45)40-25-23-36(32-14-6-2-7-15-32)30-44(40)47(42)37-16-8-3-9-17-37/h2*1-30H. The number of benzene rings is 16. The van der Waals surface area contributed by atoms with E-state index < -0.39 is 0 Å². The third-order valence-electron chi connectivity index (χ3n) is 19.8. The van der Waals surface area contributed by atoms with Crippen LogP contribution >= 0.6 is 0 Å². The Labute approximate surface area is 554 Å². The third-order valence-corrected chi connectivity index (χ3v) is 19.8. The van der Waals surface area contributed by atoms with E-state index >= 15 is 0 Å². The molecule has 0 N–H and O–H groups in total. The maximum atomic E-state index is 2.45. The van der Waals surface area contributed by atoms with Crippen molar-refractivity contribution in [1.82, 2.24) is 18.3 Å². The van der Waals surface area contributed by atoms with Gasteiger partial charge in [-0.15, -0.1) is 0 Å². The van der Waals surface area contributed by atoms with Gasteiger partial charge in [0.2, 0.25) is 0 Å². The first-order chi connectivity index (χ1) is 47.6. The Morgan fingerprint density at radius 3 is 0.854 bits per heavy atom. The van der Waals surface area contributed by atoms with Crippen LogP contribution in [0, 0.1) is 0 Å². The van der Waals surface area contributed by atoms with Crippen LogP contribution in [0.5, 0.6) is 0 Å². The van der Waals surface area contributed by atoms with Crippen LogP contribution in [0.3, 0.4) is 0 Å². The molecule has 0 saturated heterocycles. The van der Waals surface area contributed by atoms with Gasteiger partial charge in [-0.2, -0.15) is 0 Å². The summed E-state index contributed by atoms with van der Waals surface area (Å²) in [6.07, 6.45) is 0. The van der Waals surface area contributed by atoms with Crippen LogP contribution < -0.4 is 0 Å². The summed E-state index contributed by atoms with van der Waals surface area (Å²) in [5.74, 6) is 0. The lowest BCUT2D eigenvalue weighted by atomic mass is 10.0. The van der Waals surface area contributed by atoms with Crippen LogP contribution in [0.25, 0.3) is 176 Å². The fraction of sp³-hybridized carbons (Fsp3) is 0. The first-order valence-corrected chi connectivity index (χ1v) is 33.1. The average Bonchev–Trinajstić information content (AvgIpc) is 1.55. The molecule has 0 radical (unpaired) electrons. The van der Waals surface area contributed by atoms with Crippen molar-refractivity contribution in [2.24, 2.45) is 0 Å². The molecule has 16 aromatic carbocycles. The summed E-state index contributed by atoms with van der Waals surface area (Å²) in [5, 5.41) is 15.1. The minimum absolute atomic E-state index is 1.16. The molecule has 448 valence electrons. The molecule has 20 aromatic rings. The highest BCUT2D eigenvalue weighted by Gasteiger charge is 2.24. The molecular weight excluding hydrogens is 1160 g/mol. The normalized spacial score (nSPS) is 11.8. The molecule has 0 aliphatic rings. The maximum absolute atomic E-state index is 2.45. The first-order valence-electron chi connectivity index (χ1n) is 33.1. The van der Waals surface area contributed by atoms with Crippen molar-refractivity contribution in [3.05, 3.63) is 364 Å². The predicted octanol–water partition coefficient (Wildman–Crippen LogP) is 24.7. The van der Waals surface area contributed by atoms with Gasteiger partial charge in [0.05, 0.1) is 44.1 Å². The SMILES string of the molecule is c1ccc(-c2ccc3cc(-n4c5ccccc5c5c6c7cc(-c8ccccc8)ccc7n(-c7ccccc7)c6ccc54)ccc3c2)cc1.c1ccc(-c2ccc3cc(-n4c5ccccc5c5c6c7ccc(-c8ccccc8)cc7n(-c7ccccc7)c6ccc54)ccc3c2)cc1. The molecule has 4 aromatic heterocycles. The van der Waals surface area contributed by atoms with E-state index in [1.54, 1.807) is 0 Å². The number of para-hydroxylation sites is 4.